The molecule has 0 radical (unpaired) electrons. The Labute approximate surface area is 129 Å². The number of piperidine rings is 1. The second-order valence-corrected chi connectivity index (χ2v) is 5.89. The largest absolute Gasteiger partial charge is 0.326 e. The Morgan fingerprint density at radius 2 is 2.27 bits per heavy atom. The number of hydrogen-bond donors (Lipinski definition) is 3. The number of aromatic amines is 1. The van der Waals surface area contributed by atoms with Gasteiger partial charge in [0.15, 0.2) is 5.82 Å². The Bertz CT molecular complexity index is 666. The van der Waals surface area contributed by atoms with E-state index in [4.69, 9.17) is 0 Å². The quantitative estimate of drug-likeness (QED) is 0.810. The summed E-state index contributed by atoms with van der Waals surface area (Å²) < 4.78 is 0. The summed E-state index contributed by atoms with van der Waals surface area (Å²) in [5.74, 6) is 1.58. The maximum absolute atomic E-state index is 12.4. The molecule has 1 saturated heterocycles. The fourth-order valence-electron chi connectivity index (χ4n) is 2.82. The summed E-state index contributed by atoms with van der Waals surface area (Å²) in [4.78, 5) is 16.7. The van der Waals surface area contributed by atoms with Crippen molar-refractivity contribution in [2.45, 2.75) is 32.7 Å². The van der Waals surface area contributed by atoms with E-state index in [1.807, 2.05) is 31.2 Å². The molecule has 1 aromatic carbocycles. The van der Waals surface area contributed by atoms with Crippen LogP contribution in [0.3, 0.4) is 0 Å². The molecule has 1 aromatic heterocycles. The maximum Gasteiger partial charge on any atom is 0.227 e. The van der Waals surface area contributed by atoms with E-state index >= 15 is 0 Å². The lowest BCUT2D eigenvalue weighted by atomic mass is 9.92. The summed E-state index contributed by atoms with van der Waals surface area (Å²) in [5, 5.41) is 13.4. The van der Waals surface area contributed by atoms with Crippen LogP contribution in [0, 0.1) is 12.8 Å². The number of benzene rings is 1. The maximum atomic E-state index is 12.4. The molecule has 0 unspecified atom stereocenters. The van der Waals surface area contributed by atoms with E-state index in [1.54, 1.807) is 0 Å². The lowest BCUT2D eigenvalue weighted by Crippen LogP contribution is -2.40. The lowest BCUT2D eigenvalue weighted by Gasteiger charge is -2.27. The average molecular weight is 299 g/mol. The van der Waals surface area contributed by atoms with Crippen molar-refractivity contribution in [2.24, 2.45) is 5.92 Å². The van der Waals surface area contributed by atoms with E-state index in [0.717, 1.165) is 36.5 Å². The molecule has 0 saturated carbocycles. The number of aromatic nitrogens is 3. The number of rotatable bonds is 3. The molecule has 22 heavy (non-hydrogen) atoms. The molecule has 6 heteroatoms. The number of H-pyrrole nitrogens is 1. The zero-order valence-corrected chi connectivity index (χ0v) is 12.9. The third kappa shape index (κ3) is 3.33. The van der Waals surface area contributed by atoms with Gasteiger partial charge in [0.05, 0.1) is 0 Å². The van der Waals surface area contributed by atoms with Crippen molar-refractivity contribution < 1.29 is 4.79 Å². The number of amides is 1. The highest BCUT2D eigenvalue weighted by Gasteiger charge is 2.24. The Morgan fingerprint density at radius 3 is 3.00 bits per heavy atom. The lowest BCUT2D eigenvalue weighted by molar-refractivity contribution is -0.120. The first-order chi connectivity index (χ1) is 10.6. The van der Waals surface area contributed by atoms with Gasteiger partial charge in [0, 0.05) is 23.2 Å². The summed E-state index contributed by atoms with van der Waals surface area (Å²) in [7, 11) is 0. The molecule has 1 amide bonds. The van der Waals surface area contributed by atoms with Crippen molar-refractivity contribution in [2.75, 3.05) is 11.9 Å². The molecule has 2 atom stereocenters. The van der Waals surface area contributed by atoms with Crippen LogP contribution < -0.4 is 10.6 Å². The van der Waals surface area contributed by atoms with E-state index in [2.05, 4.69) is 32.7 Å². The van der Waals surface area contributed by atoms with Crippen molar-refractivity contribution in [3.05, 3.63) is 30.1 Å². The highest BCUT2D eigenvalue weighted by Crippen LogP contribution is 2.22. The SMILES string of the molecule is Cc1nc(-c2cccc(NC(=O)[C@H]3CCN[C@@H](C)C3)c2)n[nH]1. The van der Waals surface area contributed by atoms with Gasteiger partial charge < -0.3 is 10.6 Å². The van der Waals surface area contributed by atoms with Crippen LogP contribution in [0.1, 0.15) is 25.6 Å². The van der Waals surface area contributed by atoms with E-state index in [-0.39, 0.29) is 11.8 Å². The molecule has 1 fully saturated rings. The molecule has 116 valence electrons. The number of carbonyl (C=O) groups is 1. The Kier molecular flexibility index (Phi) is 4.20. The monoisotopic (exact) mass is 299 g/mol. The zero-order chi connectivity index (χ0) is 15.5. The van der Waals surface area contributed by atoms with Crippen LogP contribution in [0.2, 0.25) is 0 Å². The molecule has 0 aliphatic carbocycles. The molecule has 1 aliphatic heterocycles. The third-order valence-electron chi connectivity index (χ3n) is 3.98. The van der Waals surface area contributed by atoms with Crippen molar-refractivity contribution in [1.82, 2.24) is 20.5 Å². The van der Waals surface area contributed by atoms with E-state index in [1.165, 1.54) is 0 Å². The molecular weight excluding hydrogens is 278 g/mol. The van der Waals surface area contributed by atoms with Gasteiger partial charge in [-0.25, -0.2) is 4.98 Å². The van der Waals surface area contributed by atoms with Crippen molar-refractivity contribution in [1.29, 1.82) is 0 Å². The number of nitrogens with zero attached hydrogens (tertiary/aromatic N) is 2. The molecule has 0 spiro atoms. The molecule has 3 N–H and O–H groups in total. The molecule has 2 heterocycles. The highest BCUT2D eigenvalue weighted by atomic mass is 16.1. The summed E-state index contributed by atoms with van der Waals surface area (Å²) in [6, 6.07) is 8.04. The standard InChI is InChI=1S/C16H21N5O/c1-10-8-13(6-7-17-10)16(22)19-14-5-3-4-12(9-14)15-18-11(2)20-21-15/h3-5,9-10,13,17H,6-8H2,1-2H3,(H,19,22)(H,18,20,21)/t10-,13-/m0/s1. The summed E-state index contributed by atoms with van der Waals surface area (Å²) >= 11 is 0. The first kappa shape index (κ1) is 14.7. The molecule has 3 rings (SSSR count). The molecule has 2 aromatic rings. The summed E-state index contributed by atoms with van der Waals surface area (Å²) in [6.45, 7) is 4.88. The summed E-state index contributed by atoms with van der Waals surface area (Å²) in [5.41, 5.74) is 1.68. The number of hydrogen-bond acceptors (Lipinski definition) is 4. The fraction of sp³-hybridized carbons (Fsp3) is 0.438. The van der Waals surface area contributed by atoms with E-state index in [9.17, 15) is 4.79 Å². The van der Waals surface area contributed by atoms with Crippen molar-refractivity contribution in [3.8, 4) is 11.4 Å². The zero-order valence-electron chi connectivity index (χ0n) is 12.9. The van der Waals surface area contributed by atoms with Gasteiger partial charge in [0.1, 0.15) is 5.82 Å². The van der Waals surface area contributed by atoms with Crippen molar-refractivity contribution >= 4 is 11.6 Å². The highest BCUT2D eigenvalue weighted by molar-refractivity contribution is 5.93. The Balaban J connectivity index is 1.71. The number of carbonyl (C=O) groups excluding carboxylic acids is 1. The van der Waals surface area contributed by atoms with Gasteiger partial charge >= 0.3 is 0 Å². The molecule has 0 bridgehead atoms. The molecule has 1 aliphatic rings. The van der Waals surface area contributed by atoms with Gasteiger partial charge in [-0.05, 0) is 45.4 Å². The van der Waals surface area contributed by atoms with Gasteiger partial charge in [-0.2, -0.15) is 5.10 Å². The van der Waals surface area contributed by atoms with Crippen LogP contribution in [0.25, 0.3) is 11.4 Å². The van der Waals surface area contributed by atoms with Crippen LogP contribution >= 0.6 is 0 Å². The van der Waals surface area contributed by atoms with E-state index in [0.29, 0.717) is 11.9 Å². The van der Waals surface area contributed by atoms with Crippen LogP contribution in [0.5, 0.6) is 0 Å². The molecular formula is C16H21N5O. The summed E-state index contributed by atoms with van der Waals surface area (Å²) in [6.07, 6.45) is 1.77. The van der Waals surface area contributed by atoms with Crippen molar-refractivity contribution in [3.63, 3.8) is 0 Å². The predicted molar refractivity (Wildman–Crippen MR) is 85.4 cm³/mol. The predicted octanol–water partition coefficient (Wildman–Crippen LogP) is 2.11. The minimum Gasteiger partial charge on any atom is -0.326 e. The normalized spacial score (nSPS) is 21.5. The second kappa shape index (κ2) is 6.27. The third-order valence-corrected chi connectivity index (χ3v) is 3.98. The topological polar surface area (TPSA) is 82.7 Å². The minimum atomic E-state index is 0.0747. The van der Waals surface area contributed by atoms with Gasteiger partial charge in [-0.1, -0.05) is 12.1 Å². The van der Waals surface area contributed by atoms with Gasteiger partial charge in [-0.15, -0.1) is 0 Å². The fourth-order valence-corrected chi connectivity index (χ4v) is 2.82. The van der Waals surface area contributed by atoms with Crippen LogP contribution in [-0.2, 0) is 4.79 Å². The molecule has 6 nitrogen and oxygen atoms in total. The smallest absolute Gasteiger partial charge is 0.227 e. The van der Waals surface area contributed by atoms with Gasteiger partial charge in [0.25, 0.3) is 0 Å². The van der Waals surface area contributed by atoms with Crippen LogP contribution in [-0.4, -0.2) is 33.7 Å². The van der Waals surface area contributed by atoms with Crippen LogP contribution in [0.4, 0.5) is 5.69 Å². The van der Waals surface area contributed by atoms with Gasteiger partial charge in [-0.3, -0.25) is 9.89 Å². The number of aryl methyl sites for hydroxylation is 1. The number of anilines is 1. The second-order valence-electron chi connectivity index (χ2n) is 5.89. The Morgan fingerprint density at radius 1 is 1.41 bits per heavy atom. The average Bonchev–Trinajstić information content (AvgIpc) is 2.94. The Hall–Kier alpha value is -2.21. The first-order valence-corrected chi connectivity index (χ1v) is 7.65. The number of nitrogens with one attached hydrogen (secondary N) is 3. The first-order valence-electron chi connectivity index (χ1n) is 7.65. The minimum absolute atomic E-state index is 0.0747. The van der Waals surface area contributed by atoms with Crippen LogP contribution in [0.15, 0.2) is 24.3 Å². The van der Waals surface area contributed by atoms with Gasteiger partial charge in [0.2, 0.25) is 5.91 Å². The van der Waals surface area contributed by atoms with E-state index < -0.39 is 0 Å².